The zero-order chi connectivity index (χ0) is 20.2. The molecule has 0 aromatic carbocycles. The Morgan fingerprint density at radius 3 is 1.86 bits per heavy atom. The van der Waals surface area contributed by atoms with E-state index < -0.39 is 0 Å². The molecule has 0 radical (unpaired) electrons. The van der Waals surface area contributed by atoms with Crippen LogP contribution in [0.1, 0.15) is 13.3 Å². The molecular formula is C27H28N2. The average molecular weight is 381 g/mol. The SMILES string of the molecule is CCN(NC1=C/C=C\C=C/C=C\C=C/C=C\1)C1=C/C=C2/C/C2=C/C=C\C=C/C=C\1. The van der Waals surface area contributed by atoms with Gasteiger partial charge >= 0.3 is 0 Å². The number of hydrogen-bond acceptors (Lipinski definition) is 2. The maximum Gasteiger partial charge on any atom is 0.0571 e. The molecule has 2 nitrogen and oxygen atoms in total. The molecule has 0 unspecified atom stereocenters. The van der Waals surface area contributed by atoms with Crippen LogP contribution in [0.15, 0.2) is 144 Å². The van der Waals surface area contributed by atoms with Crippen molar-refractivity contribution in [1.29, 1.82) is 0 Å². The molecule has 3 aliphatic carbocycles. The third-order valence-corrected chi connectivity index (χ3v) is 4.46. The lowest BCUT2D eigenvalue weighted by molar-refractivity contribution is 0.303. The summed E-state index contributed by atoms with van der Waals surface area (Å²) in [4.78, 5) is 0. The summed E-state index contributed by atoms with van der Waals surface area (Å²) in [6, 6.07) is 0. The molecular weight excluding hydrogens is 352 g/mol. The minimum Gasteiger partial charge on any atom is -0.298 e. The molecule has 0 amide bonds. The Morgan fingerprint density at radius 1 is 0.621 bits per heavy atom. The van der Waals surface area contributed by atoms with Gasteiger partial charge in [-0.3, -0.25) is 10.4 Å². The van der Waals surface area contributed by atoms with Gasteiger partial charge in [0.05, 0.1) is 11.4 Å². The normalized spacial score (nSPS) is 34.2. The Hall–Kier alpha value is -3.52. The number of hydrogen-bond donors (Lipinski definition) is 1. The van der Waals surface area contributed by atoms with Gasteiger partial charge in [-0.2, -0.15) is 0 Å². The Bertz CT molecular complexity index is 935. The molecule has 29 heavy (non-hydrogen) atoms. The van der Waals surface area contributed by atoms with Crippen molar-refractivity contribution in [3.63, 3.8) is 0 Å². The first-order valence-electron chi connectivity index (χ1n) is 10.1. The van der Waals surface area contributed by atoms with Crippen LogP contribution in [-0.4, -0.2) is 11.6 Å². The van der Waals surface area contributed by atoms with E-state index in [4.69, 9.17) is 0 Å². The number of nitrogens with zero attached hydrogens (tertiary/aromatic N) is 1. The highest BCUT2D eigenvalue weighted by molar-refractivity contribution is 5.54. The molecule has 3 rings (SSSR count). The molecule has 0 aromatic heterocycles. The zero-order valence-electron chi connectivity index (χ0n) is 16.9. The first kappa shape index (κ1) is 20.2. The molecule has 2 heteroatoms. The van der Waals surface area contributed by atoms with Crippen molar-refractivity contribution in [2.24, 2.45) is 0 Å². The maximum atomic E-state index is 3.55. The smallest absolute Gasteiger partial charge is 0.0571 e. The quantitative estimate of drug-likeness (QED) is 0.575. The molecule has 3 aliphatic rings. The van der Waals surface area contributed by atoms with Crippen molar-refractivity contribution in [2.75, 3.05) is 6.54 Å². The van der Waals surface area contributed by atoms with Gasteiger partial charge in [0.15, 0.2) is 0 Å². The summed E-state index contributed by atoms with van der Waals surface area (Å²) in [5.74, 6) is 0. The van der Waals surface area contributed by atoms with Gasteiger partial charge in [-0.15, -0.1) is 0 Å². The zero-order valence-corrected chi connectivity index (χ0v) is 16.9. The molecule has 0 aliphatic heterocycles. The van der Waals surface area contributed by atoms with Crippen molar-refractivity contribution < 1.29 is 0 Å². The van der Waals surface area contributed by atoms with E-state index in [0.29, 0.717) is 0 Å². The van der Waals surface area contributed by atoms with Crippen LogP contribution in [0.25, 0.3) is 0 Å². The van der Waals surface area contributed by atoms with E-state index in [-0.39, 0.29) is 0 Å². The van der Waals surface area contributed by atoms with Crippen molar-refractivity contribution in [3.05, 3.63) is 144 Å². The molecule has 146 valence electrons. The second-order valence-corrected chi connectivity index (χ2v) is 6.66. The van der Waals surface area contributed by atoms with Gasteiger partial charge < -0.3 is 0 Å². The van der Waals surface area contributed by atoms with E-state index in [1.54, 1.807) is 0 Å². The monoisotopic (exact) mass is 380 g/mol. The van der Waals surface area contributed by atoms with E-state index in [0.717, 1.165) is 24.4 Å². The van der Waals surface area contributed by atoms with Crippen molar-refractivity contribution >= 4 is 0 Å². The average Bonchev–Trinajstić information content (AvgIpc) is 3.46. The molecule has 1 fully saturated rings. The van der Waals surface area contributed by atoms with Crippen LogP contribution >= 0.6 is 0 Å². The fourth-order valence-corrected chi connectivity index (χ4v) is 2.81. The minimum atomic E-state index is 0.832. The van der Waals surface area contributed by atoms with E-state index in [2.05, 4.69) is 84.2 Å². The molecule has 0 bridgehead atoms. The van der Waals surface area contributed by atoms with E-state index in [9.17, 15) is 0 Å². The molecule has 0 atom stereocenters. The van der Waals surface area contributed by atoms with Crippen LogP contribution in [-0.2, 0) is 0 Å². The van der Waals surface area contributed by atoms with Crippen LogP contribution in [0.3, 0.4) is 0 Å². The van der Waals surface area contributed by atoms with E-state index in [1.807, 2.05) is 54.7 Å². The van der Waals surface area contributed by atoms with Gasteiger partial charge in [0.1, 0.15) is 0 Å². The lowest BCUT2D eigenvalue weighted by Crippen LogP contribution is -2.35. The van der Waals surface area contributed by atoms with Crippen LogP contribution < -0.4 is 5.43 Å². The van der Waals surface area contributed by atoms with Gasteiger partial charge in [0.2, 0.25) is 0 Å². The Kier molecular flexibility index (Phi) is 7.92. The molecule has 1 N–H and O–H groups in total. The Morgan fingerprint density at radius 2 is 1.17 bits per heavy atom. The van der Waals surface area contributed by atoms with E-state index >= 15 is 0 Å². The topological polar surface area (TPSA) is 15.3 Å². The minimum absolute atomic E-state index is 0.832. The predicted octanol–water partition coefficient (Wildman–Crippen LogP) is 6.31. The molecule has 0 spiro atoms. The van der Waals surface area contributed by atoms with Crippen LogP contribution in [0.4, 0.5) is 0 Å². The van der Waals surface area contributed by atoms with E-state index in [1.165, 1.54) is 11.1 Å². The summed E-state index contributed by atoms with van der Waals surface area (Å²) >= 11 is 0. The first-order chi connectivity index (χ1) is 14.4. The number of likely N-dealkylation sites (N-methyl/N-ethyl adjacent to an activating group) is 1. The second kappa shape index (κ2) is 11.4. The van der Waals surface area contributed by atoms with Gasteiger partial charge in [0.25, 0.3) is 0 Å². The summed E-state index contributed by atoms with van der Waals surface area (Å²) < 4.78 is 0. The predicted molar refractivity (Wildman–Crippen MR) is 126 cm³/mol. The lowest BCUT2D eigenvalue weighted by Gasteiger charge is -2.26. The molecule has 0 saturated heterocycles. The number of rotatable bonds is 4. The largest absolute Gasteiger partial charge is 0.298 e. The second-order valence-electron chi connectivity index (χ2n) is 6.66. The standard InChI is InChI=1S/C27H28N2/c1-2-29(28-26-18-14-10-6-4-3-5-7-11-15-19-26)27-20-16-12-8-9-13-17-24-23-25(24)21-22-27/h3-22,28H,2,23H2,1H3/b4-3-,5-3?,6-4?,7-5-,9-8?,10-6-,11-7?,12-8-,13-9-,14-10?,15-11-,16-12?,17-13?,18-14-,19-15?,20-16-,22-21?,24-17-,25-21-,26-18?,26-19+,27-20?,27-22+. The first-order valence-corrected chi connectivity index (χ1v) is 10.1. The highest BCUT2D eigenvalue weighted by Gasteiger charge is 2.18. The third kappa shape index (κ3) is 7.19. The highest BCUT2D eigenvalue weighted by Crippen LogP contribution is 2.36. The lowest BCUT2D eigenvalue weighted by atomic mass is 10.2. The fraction of sp³-hybridized carbons (Fsp3) is 0.111. The Labute approximate surface area is 174 Å². The van der Waals surface area contributed by atoms with Gasteiger partial charge in [0, 0.05) is 6.54 Å². The van der Waals surface area contributed by atoms with Gasteiger partial charge in [-0.25, -0.2) is 0 Å². The number of nitrogens with one attached hydrogen (secondary N) is 1. The van der Waals surface area contributed by atoms with Crippen molar-refractivity contribution in [3.8, 4) is 0 Å². The highest BCUT2D eigenvalue weighted by atomic mass is 15.5. The summed E-state index contributed by atoms with van der Waals surface area (Å²) in [5.41, 5.74) is 8.49. The maximum absolute atomic E-state index is 3.55. The van der Waals surface area contributed by atoms with Gasteiger partial charge in [-0.1, -0.05) is 97.2 Å². The Balaban J connectivity index is 1.82. The molecule has 0 aromatic rings. The molecule has 1 saturated carbocycles. The number of allylic oxidation sites excluding steroid dienone is 22. The summed E-state index contributed by atoms with van der Waals surface area (Å²) in [5, 5.41) is 2.16. The van der Waals surface area contributed by atoms with Crippen molar-refractivity contribution in [2.45, 2.75) is 13.3 Å². The van der Waals surface area contributed by atoms with Crippen LogP contribution in [0.5, 0.6) is 0 Å². The fourth-order valence-electron chi connectivity index (χ4n) is 2.81. The summed E-state index contributed by atoms with van der Waals surface area (Å²) in [7, 11) is 0. The third-order valence-electron chi connectivity index (χ3n) is 4.46. The van der Waals surface area contributed by atoms with Crippen LogP contribution in [0.2, 0.25) is 0 Å². The summed E-state index contributed by atoms with van der Waals surface area (Å²) in [6.45, 7) is 2.98. The number of fused-ring (bicyclic) bond motifs is 1. The van der Waals surface area contributed by atoms with Crippen LogP contribution in [0, 0.1) is 0 Å². The molecule has 0 heterocycles. The summed E-state index contributed by atoms with van der Waals surface area (Å²) in [6.07, 6.45) is 42.5. The van der Waals surface area contributed by atoms with Gasteiger partial charge in [-0.05, 0) is 48.8 Å². The number of hydrazine groups is 1. The van der Waals surface area contributed by atoms with Crippen molar-refractivity contribution in [1.82, 2.24) is 10.4 Å².